The topological polar surface area (TPSA) is 9.23 Å². The van der Waals surface area contributed by atoms with Crippen molar-refractivity contribution in [1.82, 2.24) is 0 Å². The van der Waals surface area contributed by atoms with Gasteiger partial charge in [-0.3, -0.25) is 0 Å². The Labute approximate surface area is 63.8 Å². The molecule has 0 radical (unpaired) electrons. The van der Waals surface area contributed by atoms with Crippen molar-refractivity contribution < 1.29 is 4.74 Å². The first-order valence-electron chi connectivity index (χ1n) is 4.29. The van der Waals surface area contributed by atoms with Crippen LogP contribution in [0.25, 0.3) is 0 Å². The van der Waals surface area contributed by atoms with Crippen molar-refractivity contribution >= 4 is 0 Å². The minimum atomic E-state index is 0.812. The van der Waals surface area contributed by atoms with Crippen molar-refractivity contribution in [2.24, 2.45) is 17.8 Å². The van der Waals surface area contributed by atoms with Gasteiger partial charge in [-0.05, 0) is 24.2 Å². The van der Waals surface area contributed by atoms with Crippen LogP contribution in [0.1, 0.15) is 27.2 Å². The maximum Gasteiger partial charge on any atom is 0.0497 e. The van der Waals surface area contributed by atoms with Gasteiger partial charge in [-0.25, -0.2) is 0 Å². The van der Waals surface area contributed by atoms with Crippen molar-refractivity contribution in [3.63, 3.8) is 0 Å². The van der Waals surface area contributed by atoms with E-state index >= 15 is 0 Å². The van der Waals surface area contributed by atoms with Crippen molar-refractivity contribution in [1.29, 1.82) is 0 Å². The Morgan fingerprint density at radius 2 is 2.00 bits per heavy atom. The van der Waals surface area contributed by atoms with Gasteiger partial charge in [-0.15, -0.1) is 0 Å². The highest BCUT2D eigenvalue weighted by atomic mass is 16.5. The van der Waals surface area contributed by atoms with E-state index in [4.69, 9.17) is 4.74 Å². The molecule has 1 nitrogen and oxygen atoms in total. The minimum absolute atomic E-state index is 0.812. The van der Waals surface area contributed by atoms with Crippen molar-refractivity contribution in [2.45, 2.75) is 27.2 Å². The van der Waals surface area contributed by atoms with E-state index < -0.39 is 0 Å². The summed E-state index contributed by atoms with van der Waals surface area (Å²) in [4.78, 5) is 0. The molecule has 0 N–H and O–H groups in total. The number of hydrogen-bond acceptors (Lipinski definition) is 1. The highest BCUT2D eigenvalue weighted by molar-refractivity contribution is 4.72. The Bertz CT molecular complexity index is 92.9. The largest absolute Gasteiger partial charge is 0.381 e. The molecule has 1 rings (SSSR count). The molecule has 0 aromatic heterocycles. The van der Waals surface area contributed by atoms with Gasteiger partial charge in [0.15, 0.2) is 0 Å². The van der Waals surface area contributed by atoms with E-state index in [9.17, 15) is 0 Å². The van der Waals surface area contributed by atoms with E-state index in [0.29, 0.717) is 0 Å². The Morgan fingerprint density at radius 1 is 1.30 bits per heavy atom. The van der Waals surface area contributed by atoms with E-state index in [1.54, 1.807) is 0 Å². The lowest BCUT2D eigenvalue weighted by molar-refractivity contribution is 0.164. The molecule has 1 saturated heterocycles. The fraction of sp³-hybridized carbons (Fsp3) is 1.00. The van der Waals surface area contributed by atoms with Gasteiger partial charge in [-0.1, -0.05) is 20.8 Å². The van der Waals surface area contributed by atoms with Crippen LogP contribution in [0, 0.1) is 17.8 Å². The molecule has 10 heavy (non-hydrogen) atoms. The molecule has 1 fully saturated rings. The third kappa shape index (κ3) is 1.72. The number of rotatable bonds is 2. The van der Waals surface area contributed by atoms with Gasteiger partial charge in [-0.2, -0.15) is 0 Å². The lowest BCUT2D eigenvalue weighted by Crippen LogP contribution is -2.16. The Kier molecular flexibility index (Phi) is 2.72. The Morgan fingerprint density at radius 3 is 2.40 bits per heavy atom. The van der Waals surface area contributed by atoms with E-state index in [-0.39, 0.29) is 0 Å². The van der Waals surface area contributed by atoms with Crippen LogP contribution >= 0.6 is 0 Å². The van der Waals surface area contributed by atoms with Crippen LogP contribution < -0.4 is 0 Å². The molecule has 2 atom stereocenters. The summed E-state index contributed by atoms with van der Waals surface area (Å²) in [6.45, 7) is 8.91. The molecule has 0 aliphatic carbocycles. The first-order chi connectivity index (χ1) is 4.72. The molecule has 1 heteroatoms. The van der Waals surface area contributed by atoms with E-state index in [1.165, 1.54) is 6.42 Å². The molecule has 0 saturated carbocycles. The molecule has 0 amide bonds. The normalized spacial score (nSPS) is 29.4. The average molecular weight is 142 g/mol. The van der Waals surface area contributed by atoms with Crippen LogP contribution in [-0.2, 0) is 4.74 Å². The maximum absolute atomic E-state index is 5.33. The van der Waals surface area contributed by atoms with Gasteiger partial charge in [0.05, 0.1) is 0 Å². The molecule has 0 spiro atoms. The molecule has 1 heterocycles. The van der Waals surface area contributed by atoms with E-state index in [0.717, 1.165) is 31.0 Å². The molecule has 0 aromatic rings. The molecule has 1 aliphatic rings. The molecule has 1 unspecified atom stereocenters. The molecule has 1 aliphatic heterocycles. The standard InChI is InChI=1S/C9H18O/c1-7(2)8(3)9-4-5-10-6-9/h7-9H,4-6H2,1-3H3/t8-,9?/m0/s1. The summed E-state index contributed by atoms with van der Waals surface area (Å²) in [5.41, 5.74) is 0. The summed E-state index contributed by atoms with van der Waals surface area (Å²) in [5.74, 6) is 2.48. The van der Waals surface area contributed by atoms with E-state index in [2.05, 4.69) is 20.8 Å². The van der Waals surface area contributed by atoms with Crippen LogP contribution in [0.4, 0.5) is 0 Å². The second kappa shape index (κ2) is 3.38. The highest BCUT2D eigenvalue weighted by Gasteiger charge is 2.23. The van der Waals surface area contributed by atoms with Crippen LogP contribution in [0.15, 0.2) is 0 Å². The average Bonchev–Trinajstić information content (AvgIpc) is 2.36. The fourth-order valence-electron chi connectivity index (χ4n) is 1.51. The summed E-state index contributed by atoms with van der Waals surface area (Å²) >= 11 is 0. The number of ether oxygens (including phenoxy) is 1. The van der Waals surface area contributed by atoms with Gasteiger partial charge in [0, 0.05) is 13.2 Å². The number of hydrogen-bond donors (Lipinski definition) is 0. The van der Waals surface area contributed by atoms with Crippen LogP contribution in [0.2, 0.25) is 0 Å². The summed E-state index contributed by atoms with van der Waals surface area (Å²) in [6.07, 6.45) is 1.28. The SMILES string of the molecule is CC(C)[C@H](C)C1CCOC1. The van der Waals surface area contributed by atoms with Gasteiger partial charge in [0.25, 0.3) is 0 Å². The smallest absolute Gasteiger partial charge is 0.0497 e. The van der Waals surface area contributed by atoms with Gasteiger partial charge in [0.1, 0.15) is 0 Å². The lowest BCUT2D eigenvalue weighted by atomic mass is 9.85. The summed E-state index contributed by atoms with van der Waals surface area (Å²) < 4.78 is 5.33. The first kappa shape index (κ1) is 8.06. The predicted octanol–water partition coefficient (Wildman–Crippen LogP) is 2.32. The fourth-order valence-corrected chi connectivity index (χ4v) is 1.51. The van der Waals surface area contributed by atoms with Crippen LogP contribution in [-0.4, -0.2) is 13.2 Å². The lowest BCUT2D eigenvalue weighted by Gasteiger charge is -2.20. The monoisotopic (exact) mass is 142 g/mol. The summed E-state index contributed by atoms with van der Waals surface area (Å²) in [7, 11) is 0. The molecule has 0 bridgehead atoms. The quantitative estimate of drug-likeness (QED) is 0.575. The Balaban J connectivity index is 2.32. The maximum atomic E-state index is 5.33. The summed E-state index contributed by atoms with van der Waals surface area (Å²) in [6, 6.07) is 0. The second-order valence-corrected chi connectivity index (χ2v) is 3.73. The third-order valence-electron chi connectivity index (χ3n) is 2.76. The zero-order valence-corrected chi connectivity index (χ0v) is 7.26. The van der Waals surface area contributed by atoms with Crippen molar-refractivity contribution in [3.05, 3.63) is 0 Å². The Hall–Kier alpha value is -0.0400. The molecular formula is C9H18O. The van der Waals surface area contributed by atoms with Gasteiger partial charge >= 0.3 is 0 Å². The molecule has 60 valence electrons. The van der Waals surface area contributed by atoms with E-state index in [1.807, 2.05) is 0 Å². The zero-order chi connectivity index (χ0) is 7.56. The van der Waals surface area contributed by atoms with Gasteiger partial charge < -0.3 is 4.74 Å². The second-order valence-electron chi connectivity index (χ2n) is 3.73. The van der Waals surface area contributed by atoms with Crippen LogP contribution in [0.5, 0.6) is 0 Å². The third-order valence-corrected chi connectivity index (χ3v) is 2.76. The zero-order valence-electron chi connectivity index (χ0n) is 7.26. The van der Waals surface area contributed by atoms with Gasteiger partial charge in [0.2, 0.25) is 0 Å². The first-order valence-corrected chi connectivity index (χ1v) is 4.29. The van der Waals surface area contributed by atoms with Crippen molar-refractivity contribution in [2.75, 3.05) is 13.2 Å². The van der Waals surface area contributed by atoms with Crippen LogP contribution in [0.3, 0.4) is 0 Å². The van der Waals surface area contributed by atoms with Crippen molar-refractivity contribution in [3.8, 4) is 0 Å². The minimum Gasteiger partial charge on any atom is -0.381 e. The highest BCUT2D eigenvalue weighted by Crippen LogP contribution is 2.26. The summed E-state index contributed by atoms with van der Waals surface area (Å²) in [5, 5.41) is 0. The molecular weight excluding hydrogens is 124 g/mol. The predicted molar refractivity (Wildman–Crippen MR) is 42.9 cm³/mol. The molecule has 0 aromatic carbocycles.